The van der Waals surface area contributed by atoms with Crippen LogP contribution in [0.1, 0.15) is 12.5 Å². The Hall–Kier alpha value is -1.73. The zero-order valence-electron chi connectivity index (χ0n) is 11.6. The molecule has 2 heterocycles. The lowest BCUT2D eigenvalue weighted by Gasteiger charge is -2.14. The Morgan fingerprint density at radius 1 is 1.62 bits per heavy atom. The van der Waals surface area contributed by atoms with Crippen LogP contribution >= 0.6 is 11.8 Å². The number of carbonyl (C=O) groups is 1. The highest BCUT2D eigenvalue weighted by atomic mass is 32.2. The van der Waals surface area contributed by atoms with Gasteiger partial charge in [-0.2, -0.15) is 0 Å². The average molecular weight is 308 g/mol. The van der Waals surface area contributed by atoms with Crippen molar-refractivity contribution in [3.8, 4) is 5.75 Å². The van der Waals surface area contributed by atoms with Gasteiger partial charge in [0.15, 0.2) is 5.16 Å². The quantitative estimate of drug-likeness (QED) is 0.854. The van der Waals surface area contributed by atoms with Crippen LogP contribution in [0.15, 0.2) is 23.4 Å². The molecule has 1 atom stereocenters. The number of hydrogen-bond acceptors (Lipinski definition) is 5. The first-order valence-electron chi connectivity index (χ1n) is 6.68. The molecular weight excluding hydrogens is 292 g/mol. The summed E-state index contributed by atoms with van der Waals surface area (Å²) >= 11 is 1.23. The normalized spacial score (nSPS) is 18.2. The highest BCUT2D eigenvalue weighted by Gasteiger charge is 2.24. The number of hydrogen-bond donors (Lipinski definition) is 1. The summed E-state index contributed by atoms with van der Waals surface area (Å²) in [6, 6.07) is 5.95. The SMILES string of the molecule is COc1cccc2c1nc(SCC(=O)O)n2C1CCOC1. The second-order valence-corrected chi connectivity index (χ2v) is 5.73. The molecule has 1 N–H and O–H groups in total. The van der Waals surface area contributed by atoms with Gasteiger partial charge in [-0.15, -0.1) is 0 Å². The third-order valence-corrected chi connectivity index (χ3v) is 4.40. The molecule has 6 nitrogen and oxygen atoms in total. The Balaban J connectivity index is 2.09. The minimum atomic E-state index is -0.853. The maximum Gasteiger partial charge on any atom is 0.313 e. The Labute approximate surface area is 126 Å². The number of thioether (sulfide) groups is 1. The zero-order chi connectivity index (χ0) is 14.8. The molecule has 0 radical (unpaired) electrons. The molecule has 0 bridgehead atoms. The minimum Gasteiger partial charge on any atom is -0.494 e. The van der Waals surface area contributed by atoms with Gasteiger partial charge < -0.3 is 19.1 Å². The highest BCUT2D eigenvalue weighted by molar-refractivity contribution is 7.99. The molecule has 2 aromatic rings. The Morgan fingerprint density at radius 3 is 3.14 bits per heavy atom. The fourth-order valence-electron chi connectivity index (χ4n) is 2.54. The molecule has 0 saturated carbocycles. The molecule has 1 fully saturated rings. The number of para-hydroxylation sites is 1. The van der Waals surface area contributed by atoms with Crippen LogP contribution in [0, 0.1) is 0 Å². The molecular formula is C14H16N2O4S. The number of fused-ring (bicyclic) bond motifs is 1. The molecule has 7 heteroatoms. The highest BCUT2D eigenvalue weighted by Crippen LogP contribution is 2.34. The molecule has 1 aromatic heterocycles. The molecule has 21 heavy (non-hydrogen) atoms. The summed E-state index contributed by atoms with van der Waals surface area (Å²) in [6.07, 6.45) is 0.906. The van der Waals surface area contributed by atoms with Gasteiger partial charge in [-0.1, -0.05) is 17.8 Å². The number of imidazole rings is 1. The third-order valence-electron chi connectivity index (χ3n) is 3.47. The first kappa shape index (κ1) is 14.2. The van der Waals surface area contributed by atoms with Gasteiger partial charge in [-0.25, -0.2) is 4.98 Å². The van der Waals surface area contributed by atoms with Crippen molar-refractivity contribution in [2.24, 2.45) is 0 Å². The van der Waals surface area contributed by atoms with Crippen molar-refractivity contribution < 1.29 is 19.4 Å². The third kappa shape index (κ3) is 2.71. The molecule has 1 aliphatic heterocycles. The molecule has 1 aliphatic rings. The van der Waals surface area contributed by atoms with Crippen LogP contribution in [0.4, 0.5) is 0 Å². The molecule has 1 aromatic carbocycles. The van der Waals surface area contributed by atoms with Crippen LogP contribution < -0.4 is 4.74 Å². The van der Waals surface area contributed by atoms with Crippen molar-refractivity contribution in [2.45, 2.75) is 17.6 Å². The summed E-state index contributed by atoms with van der Waals surface area (Å²) in [5.74, 6) is -0.172. The first-order valence-corrected chi connectivity index (χ1v) is 7.66. The number of benzene rings is 1. The number of methoxy groups -OCH3 is 1. The van der Waals surface area contributed by atoms with E-state index in [0.717, 1.165) is 24.1 Å². The molecule has 0 spiro atoms. The van der Waals surface area contributed by atoms with Gasteiger partial charge in [-0.05, 0) is 18.6 Å². The van der Waals surface area contributed by atoms with E-state index < -0.39 is 5.97 Å². The fourth-order valence-corrected chi connectivity index (χ4v) is 3.34. The van der Waals surface area contributed by atoms with E-state index in [0.29, 0.717) is 17.5 Å². The van der Waals surface area contributed by atoms with E-state index in [1.165, 1.54) is 11.8 Å². The van der Waals surface area contributed by atoms with E-state index in [1.54, 1.807) is 7.11 Å². The van der Waals surface area contributed by atoms with Crippen molar-refractivity contribution in [1.29, 1.82) is 0 Å². The Morgan fingerprint density at radius 2 is 2.48 bits per heavy atom. The Kier molecular flexibility index (Phi) is 4.03. The second kappa shape index (κ2) is 5.95. The van der Waals surface area contributed by atoms with Gasteiger partial charge in [0.05, 0.1) is 31.0 Å². The summed E-state index contributed by atoms with van der Waals surface area (Å²) in [4.78, 5) is 15.4. The molecule has 0 amide bonds. The Bertz CT molecular complexity index is 664. The van der Waals surface area contributed by atoms with Crippen LogP contribution in [0.25, 0.3) is 11.0 Å². The van der Waals surface area contributed by atoms with Crippen LogP contribution in [0.3, 0.4) is 0 Å². The number of aromatic nitrogens is 2. The van der Waals surface area contributed by atoms with Crippen molar-refractivity contribution in [2.75, 3.05) is 26.1 Å². The molecule has 112 valence electrons. The summed E-state index contributed by atoms with van der Waals surface area (Å²) in [6.45, 7) is 1.35. The lowest BCUT2D eigenvalue weighted by Crippen LogP contribution is -2.10. The summed E-state index contributed by atoms with van der Waals surface area (Å²) in [7, 11) is 1.61. The monoisotopic (exact) mass is 308 g/mol. The van der Waals surface area contributed by atoms with Crippen LogP contribution in [-0.4, -0.2) is 46.7 Å². The fraction of sp³-hybridized carbons (Fsp3) is 0.429. The number of rotatable bonds is 5. The number of ether oxygens (including phenoxy) is 2. The van der Waals surface area contributed by atoms with E-state index in [9.17, 15) is 4.79 Å². The van der Waals surface area contributed by atoms with Gasteiger partial charge in [0.2, 0.25) is 0 Å². The largest absolute Gasteiger partial charge is 0.494 e. The van der Waals surface area contributed by atoms with Gasteiger partial charge >= 0.3 is 5.97 Å². The zero-order valence-corrected chi connectivity index (χ0v) is 12.4. The molecule has 1 saturated heterocycles. The number of aliphatic carboxylic acids is 1. The predicted molar refractivity (Wildman–Crippen MR) is 79.1 cm³/mol. The van der Waals surface area contributed by atoms with Gasteiger partial charge in [0.25, 0.3) is 0 Å². The summed E-state index contributed by atoms with van der Waals surface area (Å²) in [5, 5.41) is 9.60. The van der Waals surface area contributed by atoms with Crippen molar-refractivity contribution in [1.82, 2.24) is 9.55 Å². The smallest absolute Gasteiger partial charge is 0.313 e. The van der Waals surface area contributed by atoms with E-state index in [1.807, 2.05) is 18.2 Å². The molecule has 3 rings (SSSR count). The van der Waals surface area contributed by atoms with Crippen LogP contribution in [0.2, 0.25) is 0 Å². The van der Waals surface area contributed by atoms with Gasteiger partial charge in [0.1, 0.15) is 11.3 Å². The summed E-state index contributed by atoms with van der Waals surface area (Å²) in [5.41, 5.74) is 1.72. The second-order valence-electron chi connectivity index (χ2n) is 4.79. The lowest BCUT2D eigenvalue weighted by atomic mass is 10.2. The minimum absolute atomic E-state index is 0.0147. The first-order chi connectivity index (χ1) is 10.2. The maximum absolute atomic E-state index is 10.8. The van der Waals surface area contributed by atoms with E-state index in [-0.39, 0.29) is 11.8 Å². The lowest BCUT2D eigenvalue weighted by molar-refractivity contribution is -0.133. The predicted octanol–water partition coefficient (Wildman–Crippen LogP) is 2.18. The van der Waals surface area contributed by atoms with Crippen molar-refractivity contribution >= 4 is 28.8 Å². The number of carboxylic acids is 1. The summed E-state index contributed by atoms with van der Waals surface area (Å²) < 4.78 is 12.9. The molecule has 1 unspecified atom stereocenters. The van der Waals surface area contributed by atoms with E-state index in [2.05, 4.69) is 9.55 Å². The standard InChI is InChI=1S/C14H16N2O4S/c1-19-11-4-2-3-10-13(11)15-14(21-8-12(17)18)16(10)9-5-6-20-7-9/h2-4,9H,5-8H2,1H3,(H,17,18). The van der Waals surface area contributed by atoms with Crippen LogP contribution in [-0.2, 0) is 9.53 Å². The number of nitrogens with zero attached hydrogens (tertiary/aromatic N) is 2. The van der Waals surface area contributed by atoms with Crippen molar-refractivity contribution in [3.05, 3.63) is 18.2 Å². The number of carboxylic acid groups (broad SMARTS) is 1. The van der Waals surface area contributed by atoms with E-state index in [4.69, 9.17) is 14.6 Å². The van der Waals surface area contributed by atoms with Crippen LogP contribution in [0.5, 0.6) is 5.75 Å². The average Bonchev–Trinajstić information content (AvgIpc) is 3.10. The van der Waals surface area contributed by atoms with Gasteiger partial charge in [0, 0.05) is 6.61 Å². The van der Waals surface area contributed by atoms with E-state index >= 15 is 0 Å². The van der Waals surface area contributed by atoms with Gasteiger partial charge in [-0.3, -0.25) is 4.79 Å². The molecule has 0 aliphatic carbocycles. The van der Waals surface area contributed by atoms with Crippen molar-refractivity contribution in [3.63, 3.8) is 0 Å². The maximum atomic E-state index is 10.8. The topological polar surface area (TPSA) is 73.6 Å².